The quantitative estimate of drug-likeness (QED) is 0.547. The van der Waals surface area contributed by atoms with Crippen LogP contribution in [0.4, 0.5) is 0 Å². The Morgan fingerprint density at radius 2 is 1.95 bits per heavy atom. The van der Waals surface area contributed by atoms with E-state index >= 15 is 0 Å². The SMILES string of the molecule is CCCCN(CC(C)C(=O)OC)C(=O)/C=C/c1ccccc1. The van der Waals surface area contributed by atoms with Crippen molar-refractivity contribution in [1.29, 1.82) is 0 Å². The fraction of sp³-hybridized carbons (Fsp3) is 0.444. The van der Waals surface area contributed by atoms with Crippen LogP contribution in [0.5, 0.6) is 0 Å². The maximum Gasteiger partial charge on any atom is 0.310 e. The van der Waals surface area contributed by atoms with Crippen molar-refractivity contribution in [2.45, 2.75) is 26.7 Å². The number of carbonyl (C=O) groups excluding carboxylic acids is 2. The van der Waals surface area contributed by atoms with Crippen LogP contribution in [0.2, 0.25) is 0 Å². The van der Waals surface area contributed by atoms with Gasteiger partial charge in [0.15, 0.2) is 0 Å². The third-order valence-corrected chi connectivity index (χ3v) is 3.41. The molecule has 0 spiro atoms. The highest BCUT2D eigenvalue weighted by Crippen LogP contribution is 2.07. The average molecular weight is 303 g/mol. The van der Waals surface area contributed by atoms with Crippen LogP contribution in [0.25, 0.3) is 6.08 Å². The third-order valence-electron chi connectivity index (χ3n) is 3.41. The van der Waals surface area contributed by atoms with Crippen LogP contribution in [0.15, 0.2) is 36.4 Å². The molecule has 0 fully saturated rings. The molecule has 0 bridgehead atoms. The Labute approximate surface area is 132 Å². The first-order chi connectivity index (χ1) is 10.6. The second-order valence-electron chi connectivity index (χ2n) is 5.31. The first kappa shape index (κ1) is 18.0. The second kappa shape index (κ2) is 9.77. The first-order valence-corrected chi connectivity index (χ1v) is 7.68. The third kappa shape index (κ3) is 6.12. The summed E-state index contributed by atoms with van der Waals surface area (Å²) in [5, 5.41) is 0. The summed E-state index contributed by atoms with van der Waals surface area (Å²) in [4.78, 5) is 25.6. The topological polar surface area (TPSA) is 46.6 Å². The molecule has 120 valence electrons. The van der Waals surface area contributed by atoms with Crippen LogP contribution >= 0.6 is 0 Å². The normalized spacial score (nSPS) is 12.1. The number of carbonyl (C=O) groups is 2. The fourth-order valence-electron chi connectivity index (χ4n) is 2.08. The predicted molar refractivity (Wildman–Crippen MR) is 88.1 cm³/mol. The molecule has 0 N–H and O–H groups in total. The van der Waals surface area contributed by atoms with Crippen molar-refractivity contribution >= 4 is 18.0 Å². The van der Waals surface area contributed by atoms with Crippen LogP contribution in [0.3, 0.4) is 0 Å². The van der Waals surface area contributed by atoms with Gasteiger partial charge in [-0.1, -0.05) is 50.6 Å². The van der Waals surface area contributed by atoms with Crippen molar-refractivity contribution in [1.82, 2.24) is 4.90 Å². The summed E-state index contributed by atoms with van der Waals surface area (Å²) in [7, 11) is 1.37. The Hall–Kier alpha value is -2.10. The minimum Gasteiger partial charge on any atom is -0.469 e. The van der Waals surface area contributed by atoms with Gasteiger partial charge in [0.25, 0.3) is 0 Å². The van der Waals surface area contributed by atoms with Crippen molar-refractivity contribution < 1.29 is 14.3 Å². The van der Waals surface area contributed by atoms with Gasteiger partial charge in [0.2, 0.25) is 5.91 Å². The average Bonchev–Trinajstić information content (AvgIpc) is 2.56. The lowest BCUT2D eigenvalue weighted by Gasteiger charge is -2.23. The van der Waals surface area contributed by atoms with Crippen LogP contribution < -0.4 is 0 Å². The fourth-order valence-corrected chi connectivity index (χ4v) is 2.08. The molecule has 0 aromatic heterocycles. The smallest absolute Gasteiger partial charge is 0.310 e. The van der Waals surface area contributed by atoms with Gasteiger partial charge in [0.1, 0.15) is 0 Å². The number of rotatable bonds is 8. The lowest BCUT2D eigenvalue weighted by molar-refractivity contribution is -0.146. The van der Waals surface area contributed by atoms with Gasteiger partial charge in [0, 0.05) is 19.2 Å². The van der Waals surface area contributed by atoms with E-state index in [1.54, 1.807) is 24.0 Å². The summed E-state index contributed by atoms with van der Waals surface area (Å²) in [6.07, 6.45) is 5.27. The van der Waals surface area contributed by atoms with Gasteiger partial charge in [-0.05, 0) is 18.1 Å². The van der Waals surface area contributed by atoms with E-state index < -0.39 is 0 Å². The number of amides is 1. The van der Waals surface area contributed by atoms with Crippen LogP contribution in [0, 0.1) is 5.92 Å². The summed E-state index contributed by atoms with van der Waals surface area (Å²) >= 11 is 0. The van der Waals surface area contributed by atoms with E-state index in [-0.39, 0.29) is 17.8 Å². The molecule has 0 aliphatic rings. The highest BCUT2D eigenvalue weighted by Gasteiger charge is 2.19. The molecule has 0 saturated carbocycles. The number of ether oxygens (including phenoxy) is 1. The zero-order chi connectivity index (χ0) is 16.4. The largest absolute Gasteiger partial charge is 0.469 e. The van der Waals surface area contributed by atoms with E-state index in [0.29, 0.717) is 13.1 Å². The molecule has 1 aromatic rings. The summed E-state index contributed by atoms with van der Waals surface area (Å²) in [6, 6.07) is 9.68. The minimum absolute atomic E-state index is 0.0759. The Bertz CT molecular complexity index is 496. The first-order valence-electron chi connectivity index (χ1n) is 7.68. The van der Waals surface area contributed by atoms with E-state index in [9.17, 15) is 9.59 Å². The zero-order valence-corrected chi connectivity index (χ0v) is 13.6. The number of nitrogens with zero attached hydrogens (tertiary/aromatic N) is 1. The number of unbranched alkanes of at least 4 members (excludes halogenated alkanes) is 1. The standard InChI is InChI=1S/C18H25NO3/c1-4-5-13-19(14-15(2)18(21)22-3)17(20)12-11-16-9-7-6-8-10-16/h6-12,15H,4-5,13-14H2,1-3H3/b12-11+. The van der Waals surface area contributed by atoms with Crippen LogP contribution in [-0.4, -0.2) is 37.0 Å². The molecule has 1 rings (SSSR count). The van der Waals surface area contributed by atoms with E-state index in [2.05, 4.69) is 6.92 Å². The Kier molecular flexibility index (Phi) is 7.97. The molecular formula is C18H25NO3. The lowest BCUT2D eigenvalue weighted by atomic mass is 10.1. The number of methoxy groups -OCH3 is 1. The zero-order valence-electron chi connectivity index (χ0n) is 13.6. The van der Waals surface area contributed by atoms with Crippen molar-refractivity contribution in [3.05, 3.63) is 42.0 Å². The summed E-state index contributed by atoms with van der Waals surface area (Å²) in [6.45, 7) is 4.88. The van der Waals surface area contributed by atoms with E-state index in [1.165, 1.54) is 7.11 Å². The van der Waals surface area contributed by atoms with Gasteiger partial charge >= 0.3 is 5.97 Å². The molecule has 4 nitrogen and oxygen atoms in total. The monoisotopic (exact) mass is 303 g/mol. The van der Waals surface area contributed by atoms with Gasteiger partial charge < -0.3 is 9.64 Å². The van der Waals surface area contributed by atoms with Crippen molar-refractivity contribution in [3.63, 3.8) is 0 Å². The second-order valence-corrected chi connectivity index (χ2v) is 5.31. The van der Waals surface area contributed by atoms with Crippen molar-refractivity contribution in [3.8, 4) is 0 Å². The van der Waals surface area contributed by atoms with Crippen LogP contribution in [0.1, 0.15) is 32.3 Å². The molecule has 0 radical (unpaired) electrons. The van der Waals surface area contributed by atoms with Crippen molar-refractivity contribution in [2.24, 2.45) is 5.92 Å². The maximum absolute atomic E-state index is 12.4. The summed E-state index contributed by atoms with van der Waals surface area (Å²) in [5.41, 5.74) is 0.979. The van der Waals surface area contributed by atoms with E-state index in [0.717, 1.165) is 18.4 Å². The molecule has 0 aliphatic heterocycles. The Morgan fingerprint density at radius 1 is 1.27 bits per heavy atom. The van der Waals surface area contributed by atoms with Gasteiger partial charge in [-0.3, -0.25) is 9.59 Å². The van der Waals surface area contributed by atoms with Crippen LogP contribution in [-0.2, 0) is 14.3 Å². The molecule has 0 heterocycles. The number of hydrogen-bond acceptors (Lipinski definition) is 3. The molecule has 1 amide bonds. The summed E-state index contributed by atoms with van der Waals surface area (Å²) < 4.78 is 4.73. The van der Waals surface area contributed by atoms with Gasteiger partial charge in [-0.2, -0.15) is 0 Å². The molecule has 0 aliphatic carbocycles. The van der Waals surface area contributed by atoms with E-state index in [4.69, 9.17) is 4.74 Å². The molecule has 1 aromatic carbocycles. The maximum atomic E-state index is 12.4. The molecule has 4 heteroatoms. The molecular weight excluding hydrogens is 278 g/mol. The minimum atomic E-state index is -0.323. The molecule has 0 saturated heterocycles. The van der Waals surface area contributed by atoms with Gasteiger partial charge in [-0.15, -0.1) is 0 Å². The van der Waals surface area contributed by atoms with E-state index in [1.807, 2.05) is 30.3 Å². The van der Waals surface area contributed by atoms with Crippen molar-refractivity contribution in [2.75, 3.05) is 20.2 Å². The summed E-state index contributed by atoms with van der Waals surface area (Å²) in [5.74, 6) is -0.690. The highest BCUT2D eigenvalue weighted by atomic mass is 16.5. The Morgan fingerprint density at radius 3 is 2.55 bits per heavy atom. The lowest BCUT2D eigenvalue weighted by Crippen LogP contribution is -2.37. The van der Waals surface area contributed by atoms with Gasteiger partial charge in [0.05, 0.1) is 13.0 Å². The molecule has 1 atom stereocenters. The number of hydrogen-bond donors (Lipinski definition) is 0. The molecule has 1 unspecified atom stereocenters. The molecule has 22 heavy (non-hydrogen) atoms. The number of esters is 1. The predicted octanol–water partition coefficient (Wildman–Crippen LogP) is 3.14. The number of benzene rings is 1. The Balaban J connectivity index is 2.71. The van der Waals surface area contributed by atoms with Gasteiger partial charge in [-0.25, -0.2) is 0 Å². The highest BCUT2D eigenvalue weighted by molar-refractivity contribution is 5.92.